The zero-order chi connectivity index (χ0) is 18.2. The van der Waals surface area contributed by atoms with Crippen molar-refractivity contribution < 1.29 is 0 Å². The molecular formula is C24H14ClN. The van der Waals surface area contributed by atoms with E-state index in [9.17, 15) is 5.26 Å². The molecule has 0 fully saturated rings. The largest absolute Gasteiger partial charge is 0.192 e. The van der Waals surface area contributed by atoms with Gasteiger partial charge in [-0.15, -0.1) is 11.6 Å². The second kappa shape index (κ2) is 8.60. The molecule has 3 aromatic rings. The summed E-state index contributed by atoms with van der Waals surface area (Å²) < 4.78 is 0. The molecule has 0 atom stereocenters. The lowest BCUT2D eigenvalue weighted by atomic mass is 10.0. The van der Waals surface area contributed by atoms with Crippen molar-refractivity contribution in [3.05, 3.63) is 106 Å². The molecule has 3 aromatic carbocycles. The van der Waals surface area contributed by atoms with Gasteiger partial charge < -0.3 is 0 Å². The number of nitriles is 1. The standard InChI is InChI=1S/C24H14ClN/c25-17-23-11-5-3-9-21(23)15-13-19-7-1-2-8-20(19)14-16-22-10-4-6-12-24(22)18-26/h1-12H,17H2. The maximum Gasteiger partial charge on any atom is 0.100 e. The molecule has 0 radical (unpaired) electrons. The molecule has 0 heterocycles. The Kier molecular flexibility index (Phi) is 5.75. The van der Waals surface area contributed by atoms with E-state index >= 15 is 0 Å². The topological polar surface area (TPSA) is 23.8 Å². The molecule has 0 saturated carbocycles. The van der Waals surface area contributed by atoms with Crippen molar-refractivity contribution in [2.75, 3.05) is 0 Å². The molecule has 0 aromatic heterocycles. The van der Waals surface area contributed by atoms with Crippen LogP contribution in [0.3, 0.4) is 0 Å². The van der Waals surface area contributed by atoms with Gasteiger partial charge in [0.05, 0.1) is 5.56 Å². The molecule has 2 heteroatoms. The van der Waals surface area contributed by atoms with Gasteiger partial charge in [0, 0.05) is 28.1 Å². The quantitative estimate of drug-likeness (QED) is 0.442. The summed E-state index contributed by atoms with van der Waals surface area (Å²) in [5, 5.41) is 9.18. The lowest BCUT2D eigenvalue weighted by Gasteiger charge is -1.99. The van der Waals surface area contributed by atoms with Crippen LogP contribution in [0.15, 0.2) is 72.8 Å². The summed E-state index contributed by atoms with van der Waals surface area (Å²) in [5.74, 6) is 13.0. The second-order valence-corrected chi connectivity index (χ2v) is 5.76. The number of hydrogen-bond acceptors (Lipinski definition) is 1. The first-order valence-electron chi connectivity index (χ1n) is 8.08. The summed E-state index contributed by atoms with van der Waals surface area (Å²) in [6.45, 7) is 0. The molecule has 0 N–H and O–H groups in total. The van der Waals surface area contributed by atoms with Crippen LogP contribution >= 0.6 is 11.6 Å². The number of nitrogens with zero attached hydrogens (tertiary/aromatic N) is 1. The van der Waals surface area contributed by atoms with Gasteiger partial charge >= 0.3 is 0 Å². The number of alkyl halides is 1. The van der Waals surface area contributed by atoms with Gasteiger partial charge in [0.15, 0.2) is 0 Å². The van der Waals surface area contributed by atoms with Crippen LogP contribution in [-0.2, 0) is 5.88 Å². The van der Waals surface area contributed by atoms with E-state index in [4.69, 9.17) is 11.6 Å². The van der Waals surface area contributed by atoms with Crippen molar-refractivity contribution in [1.29, 1.82) is 5.26 Å². The second-order valence-electron chi connectivity index (χ2n) is 5.49. The molecule has 122 valence electrons. The molecule has 0 aliphatic carbocycles. The Morgan fingerprint density at radius 2 is 0.962 bits per heavy atom. The van der Waals surface area contributed by atoms with Crippen LogP contribution in [0.4, 0.5) is 0 Å². The molecule has 3 rings (SSSR count). The van der Waals surface area contributed by atoms with Crippen LogP contribution in [0.25, 0.3) is 0 Å². The highest BCUT2D eigenvalue weighted by Gasteiger charge is 1.99. The van der Waals surface area contributed by atoms with Gasteiger partial charge in [-0.05, 0) is 35.9 Å². The van der Waals surface area contributed by atoms with Crippen LogP contribution in [0, 0.1) is 35.0 Å². The first kappa shape index (κ1) is 17.4. The predicted octanol–water partition coefficient (Wildman–Crippen LogP) is 5.10. The minimum Gasteiger partial charge on any atom is -0.192 e. The third kappa shape index (κ3) is 4.15. The average molecular weight is 352 g/mol. The minimum absolute atomic E-state index is 0.428. The summed E-state index contributed by atoms with van der Waals surface area (Å²) in [5.41, 5.74) is 4.88. The van der Waals surface area contributed by atoms with E-state index in [0.717, 1.165) is 22.3 Å². The van der Waals surface area contributed by atoms with Crippen molar-refractivity contribution in [2.24, 2.45) is 0 Å². The van der Waals surface area contributed by atoms with E-state index in [2.05, 4.69) is 29.8 Å². The predicted molar refractivity (Wildman–Crippen MR) is 106 cm³/mol. The molecular weight excluding hydrogens is 338 g/mol. The molecule has 0 saturated heterocycles. The van der Waals surface area contributed by atoms with Crippen LogP contribution in [0.1, 0.15) is 33.4 Å². The zero-order valence-electron chi connectivity index (χ0n) is 14.0. The molecule has 0 aliphatic heterocycles. The van der Waals surface area contributed by atoms with Crippen LogP contribution in [-0.4, -0.2) is 0 Å². The van der Waals surface area contributed by atoms with Crippen molar-refractivity contribution in [3.8, 4) is 29.8 Å². The number of halogens is 1. The number of hydrogen-bond donors (Lipinski definition) is 0. The highest BCUT2D eigenvalue weighted by Crippen LogP contribution is 2.12. The molecule has 0 bridgehead atoms. The summed E-state index contributed by atoms with van der Waals surface area (Å²) in [6.07, 6.45) is 0. The Morgan fingerprint density at radius 3 is 1.46 bits per heavy atom. The molecule has 0 amide bonds. The van der Waals surface area contributed by atoms with E-state index in [-0.39, 0.29) is 0 Å². The molecule has 0 spiro atoms. The van der Waals surface area contributed by atoms with Crippen molar-refractivity contribution in [2.45, 2.75) is 5.88 Å². The molecule has 0 unspecified atom stereocenters. The molecule has 1 nitrogen and oxygen atoms in total. The Morgan fingerprint density at radius 1 is 0.577 bits per heavy atom. The summed E-state index contributed by atoms with van der Waals surface area (Å²) >= 11 is 5.97. The van der Waals surface area contributed by atoms with Gasteiger partial charge in [0.2, 0.25) is 0 Å². The van der Waals surface area contributed by atoms with E-state index in [1.54, 1.807) is 6.07 Å². The Hall–Kier alpha value is -3.44. The Labute approximate surface area is 158 Å². The lowest BCUT2D eigenvalue weighted by Crippen LogP contribution is -1.87. The van der Waals surface area contributed by atoms with Gasteiger partial charge in [0.1, 0.15) is 6.07 Å². The molecule has 26 heavy (non-hydrogen) atoms. The summed E-state index contributed by atoms with van der Waals surface area (Å²) in [6, 6.07) is 25.0. The van der Waals surface area contributed by atoms with Crippen LogP contribution in [0.2, 0.25) is 0 Å². The fourth-order valence-corrected chi connectivity index (χ4v) is 2.65. The minimum atomic E-state index is 0.428. The fourth-order valence-electron chi connectivity index (χ4n) is 2.42. The van der Waals surface area contributed by atoms with Gasteiger partial charge in [0.25, 0.3) is 0 Å². The SMILES string of the molecule is N#Cc1ccccc1C#Cc1ccccc1C#Cc1ccccc1CCl. The maximum absolute atomic E-state index is 9.18. The Bertz CT molecular complexity index is 1100. The van der Waals surface area contributed by atoms with E-state index < -0.39 is 0 Å². The monoisotopic (exact) mass is 351 g/mol. The zero-order valence-corrected chi connectivity index (χ0v) is 14.7. The number of benzene rings is 3. The first-order chi connectivity index (χ1) is 12.8. The van der Waals surface area contributed by atoms with E-state index in [1.807, 2.05) is 66.7 Å². The highest BCUT2D eigenvalue weighted by atomic mass is 35.5. The maximum atomic E-state index is 9.18. The highest BCUT2D eigenvalue weighted by molar-refractivity contribution is 6.17. The van der Waals surface area contributed by atoms with Gasteiger partial charge in [-0.25, -0.2) is 0 Å². The number of rotatable bonds is 1. The third-order valence-electron chi connectivity index (χ3n) is 3.80. The first-order valence-corrected chi connectivity index (χ1v) is 8.61. The average Bonchev–Trinajstić information content (AvgIpc) is 2.71. The van der Waals surface area contributed by atoms with Crippen molar-refractivity contribution >= 4 is 11.6 Å². The van der Waals surface area contributed by atoms with Gasteiger partial charge in [-0.1, -0.05) is 66.1 Å². The summed E-state index contributed by atoms with van der Waals surface area (Å²) in [4.78, 5) is 0. The Balaban J connectivity index is 1.98. The summed E-state index contributed by atoms with van der Waals surface area (Å²) in [7, 11) is 0. The van der Waals surface area contributed by atoms with E-state index in [0.29, 0.717) is 17.0 Å². The van der Waals surface area contributed by atoms with Crippen molar-refractivity contribution in [1.82, 2.24) is 0 Å². The molecule has 0 aliphatic rings. The van der Waals surface area contributed by atoms with Crippen LogP contribution in [0.5, 0.6) is 0 Å². The fraction of sp³-hybridized carbons (Fsp3) is 0.0417. The normalized spacial score (nSPS) is 9.23. The van der Waals surface area contributed by atoms with Gasteiger partial charge in [-0.2, -0.15) is 5.26 Å². The van der Waals surface area contributed by atoms with Crippen LogP contribution < -0.4 is 0 Å². The third-order valence-corrected chi connectivity index (χ3v) is 4.09. The van der Waals surface area contributed by atoms with Crippen molar-refractivity contribution in [3.63, 3.8) is 0 Å². The lowest BCUT2D eigenvalue weighted by molar-refractivity contribution is 1.37. The van der Waals surface area contributed by atoms with Gasteiger partial charge in [-0.3, -0.25) is 0 Å². The van der Waals surface area contributed by atoms with E-state index in [1.165, 1.54) is 0 Å². The smallest absolute Gasteiger partial charge is 0.100 e.